The first-order valence-electron chi connectivity index (χ1n) is 6.57. The molecule has 0 saturated heterocycles. The maximum Gasteiger partial charge on any atom is 0.271 e. The number of fused-ring (bicyclic) bond motifs is 1. The molecule has 0 spiro atoms. The zero-order valence-electron chi connectivity index (χ0n) is 10.9. The molecular weight excluding hydrogens is 254 g/mol. The normalized spacial score (nSPS) is 13.6. The summed E-state index contributed by atoms with van der Waals surface area (Å²) < 4.78 is 0. The number of rotatable bonds is 3. The molecule has 0 aliphatic carbocycles. The van der Waals surface area contributed by atoms with E-state index in [1.54, 1.807) is 12.1 Å². The summed E-state index contributed by atoms with van der Waals surface area (Å²) in [5.41, 5.74) is 4.45. The van der Waals surface area contributed by atoms with Gasteiger partial charge in [0.2, 0.25) is 0 Å². The number of nitrogens with one attached hydrogen (secondary N) is 2. The van der Waals surface area contributed by atoms with Crippen LogP contribution >= 0.6 is 0 Å². The fraction of sp³-hybridized carbons (Fsp3) is 0.200. The van der Waals surface area contributed by atoms with Gasteiger partial charge in [-0.1, -0.05) is 18.2 Å². The first-order valence-corrected chi connectivity index (χ1v) is 6.57. The van der Waals surface area contributed by atoms with Crippen LogP contribution in [-0.4, -0.2) is 11.5 Å². The third kappa shape index (κ3) is 2.48. The second-order valence-corrected chi connectivity index (χ2v) is 4.80. The lowest BCUT2D eigenvalue weighted by Crippen LogP contribution is -2.24. The summed E-state index contributed by atoms with van der Waals surface area (Å²) >= 11 is 0. The van der Waals surface area contributed by atoms with Crippen molar-refractivity contribution in [3.8, 4) is 0 Å². The Kier molecular flexibility index (Phi) is 3.35. The number of benzene rings is 2. The van der Waals surface area contributed by atoms with Crippen molar-refractivity contribution in [2.24, 2.45) is 0 Å². The van der Waals surface area contributed by atoms with Crippen LogP contribution in [0.1, 0.15) is 11.1 Å². The first-order chi connectivity index (χ1) is 9.74. The van der Waals surface area contributed by atoms with Crippen molar-refractivity contribution in [2.75, 3.05) is 11.9 Å². The van der Waals surface area contributed by atoms with Gasteiger partial charge in [-0.3, -0.25) is 10.1 Å². The lowest BCUT2D eigenvalue weighted by Gasteiger charge is -2.21. The van der Waals surface area contributed by atoms with E-state index >= 15 is 0 Å². The zero-order chi connectivity index (χ0) is 13.9. The number of nitrogens with zero attached hydrogens (tertiary/aromatic N) is 1. The largest absolute Gasteiger partial charge is 0.355 e. The number of hydrogen-bond donors (Lipinski definition) is 2. The van der Waals surface area contributed by atoms with Gasteiger partial charge < -0.3 is 10.6 Å². The average Bonchev–Trinajstić information content (AvgIpc) is 2.48. The van der Waals surface area contributed by atoms with Crippen molar-refractivity contribution in [3.05, 3.63) is 63.7 Å². The zero-order valence-corrected chi connectivity index (χ0v) is 10.9. The van der Waals surface area contributed by atoms with E-state index in [0.29, 0.717) is 0 Å². The Labute approximate surface area is 116 Å². The van der Waals surface area contributed by atoms with Gasteiger partial charge in [0.1, 0.15) is 0 Å². The first kappa shape index (κ1) is 12.6. The Morgan fingerprint density at radius 2 is 2.05 bits per heavy atom. The van der Waals surface area contributed by atoms with Crippen molar-refractivity contribution in [1.29, 1.82) is 0 Å². The molecule has 2 aromatic carbocycles. The molecule has 1 aliphatic rings. The van der Waals surface area contributed by atoms with Gasteiger partial charge in [0.25, 0.3) is 5.69 Å². The molecule has 3 rings (SSSR count). The summed E-state index contributed by atoms with van der Waals surface area (Å²) in [6.45, 7) is 1.83. The molecule has 0 unspecified atom stereocenters. The standard InChI is InChI=1S/C15H15N3O2/c19-18(20)13-5-2-4-12(9-13)17-15-6-1-3-11-10-16-8-7-14(11)15/h1-6,9,16-17H,7-8,10H2. The van der Waals surface area contributed by atoms with E-state index in [4.69, 9.17) is 0 Å². The van der Waals surface area contributed by atoms with E-state index in [-0.39, 0.29) is 10.6 Å². The summed E-state index contributed by atoms with van der Waals surface area (Å²) in [5.74, 6) is 0. The highest BCUT2D eigenvalue weighted by molar-refractivity contribution is 5.66. The van der Waals surface area contributed by atoms with Gasteiger partial charge in [-0.15, -0.1) is 0 Å². The number of anilines is 2. The predicted molar refractivity (Wildman–Crippen MR) is 78.2 cm³/mol. The van der Waals surface area contributed by atoms with Crippen LogP contribution in [0.3, 0.4) is 0 Å². The van der Waals surface area contributed by atoms with Crippen molar-refractivity contribution >= 4 is 17.1 Å². The highest BCUT2D eigenvalue weighted by atomic mass is 16.6. The molecule has 1 heterocycles. The topological polar surface area (TPSA) is 67.2 Å². The molecule has 0 atom stereocenters. The number of nitro groups is 1. The average molecular weight is 269 g/mol. The number of non-ortho nitro benzene ring substituents is 1. The minimum absolute atomic E-state index is 0.0986. The van der Waals surface area contributed by atoms with E-state index in [1.807, 2.05) is 18.2 Å². The monoisotopic (exact) mass is 269 g/mol. The highest BCUT2D eigenvalue weighted by Gasteiger charge is 2.13. The molecule has 5 nitrogen and oxygen atoms in total. The Morgan fingerprint density at radius 1 is 1.20 bits per heavy atom. The number of hydrogen-bond acceptors (Lipinski definition) is 4. The van der Waals surface area contributed by atoms with Gasteiger partial charge in [0, 0.05) is 30.1 Å². The molecule has 2 N–H and O–H groups in total. The fourth-order valence-corrected chi connectivity index (χ4v) is 2.50. The second kappa shape index (κ2) is 5.30. The van der Waals surface area contributed by atoms with Crippen LogP contribution in [0.15, 0.2) is 42.5 Å². The van der Waals surface area contributed by atoms with Gasteiger partial charge in [-0.05, 0) is 36.2 Å². The van der Waals surface area contributed by atoms with Crippen molar-refractivity contribution in [1.82, 2.24) is 5.32 Å². The molecule has 20 heavy (non-hydrogen) atoms. The molecule has 0 fully saturated rings. The van der Waals surface area contributed by atoms with Gasteiger partial charge in [-0.25, -0.2) is 0 Å². The summed E-state index contributed by atoms with van der Waals surface area (Å²) in [5, 5.41) is 17.4. The Morgan fingerprint density at radius 3 is 2.90 bits per heavy atom. The molecule has 102 valence electrons. The summed E-state index contributed by atoms with van der Waals surface area (Å²) in [7, 11) is 0. The maximum absolute atomic E-state index is 10.8. The Balaban J connectivity index is 1.91. The van der Waals surface area contributed by atoms with Gasteiger partial charge >= 0.3 is 0 Å². The van der Waals surface area contributed by atoms with Gasteiger partial charge in [0.05, 0.1) is 4.92 Å². The molecule has 0 aromatic heterocycles. The van der Waals surface area contributed by atoms with Gasteiger partial charge in [-0.2, -0.15) is 0 Å². The van der Waals surface area contributed by atoms with E-state index in [9.17, 15) is 10.1 Å². The lowest BCUT2D eigenvalue weighted by molar-refractivity contribution is -0.384. The molecule has 0 amide bonds. The summed E-state index contributed by atoms with van der Waals surface area (Å²) in [6, 6.07) is 12.7. The molecule has 0 bridgehead atoms. The predicted octanol–water partition coefficient (Wildman–Crippen LogP) is 2.98. The van der Waals surface area contributed by atoms with Gasteiger partial charge in [0.15, 0.2) is 0 Å². The molecule has 0 radical (unpaired) electrons. The fourth-order valence-electron chi connectivity index (χ4n) is 2.50. The number of nitro benzene ring substituents is 1. The lowest BCUT2D eigenvalue weighted by atomic mass is 9.99. The smallest absolute Gasteiger partial charge is 0.271 e. The SMILES string of the molecule is O=[N+]([O-])c1cccc(Nc2cccc3c2CCNC3)c1. The van der Waals surface area contributed by atoms with Crippen LogP contribution in [0.2, 0.25) is 0 Å². The Hall–Kier alpha value is -2.40. The third-order valence-electron chi connectivity index (χ3n) is 3.48. The second-order valence-electron chi connectivity index (χ2n) is 4.80. The molecular formula is C15H15N3O2. The van der Waals surface area contributed by atoms with E-state index in [1.165, 1.54) is 17.2 Å². The Bertz CT molecular complexity index is 655. The van der Waals surface area contributed by atoms with Crippen LogP contribution in [0.25, 0.3) is 0 Å². The minimum Gasteiger partial charge on any atom is -0.355 e. The highest BCUT2D eigenvalue weighted by Crippen LogP contribution is 2.27. The molecule has 0 saturated carbocycles. The van der Waals surface area contributed by atoms with Crippen LogP contribution in [0.4, 0.5) is 17.1 Å². The van der Waals surface area contributed by atoms with E-state index in [2.05, 4.69) is 16.7 Å². The third-order valence-corrected chi connectivity index (χ3v) is 3.48. The summed E-state index contributed by atoms with van der Waals surface area (Å²) in [4.78, 5) is 10.4. The minimum atomic E-state index is -0.379. The van der Waals surface area contributed by atoms with Crippen LogP contribution < -0.4 is 10.6 Å². The quantitative estimate of drug-likeness (QED) is 0.664. The van der Waals surface area contributed by atoms with Crippen LogP contribution in [0.5, 0.6) is 0 Å². The van der Waals surface area contributed by atoms with Crippen LogP contribution in [0, 0.1) is 10.1 Å². The molecule has 2 aromatic rings. The van der Waals surface area contributed by atoms with Crippen molar-refractivity contribution in [2.45, 2.75) is 13.0 Å². The van der Waals surface area contributed by atoms with Crippen molar-refractivity contribution in [3.63, 3.8) is 0 Å². The molecule has 1 aliphatic heterocycles. The summed E-state index contributed by atoms with van der Waals surface area (Å²) in [6.07, 6.45) is 0.966. The van der Waals surface area contributed by atoms with Crippen LogP contribution in [-0.2, 0) is 13.0 Å². The van der Waals surface area contributed by atoms with E-state index < -0.39 is 0 Å². The maximum atomic E-state index is 10.8. The molecule has 5 heteroatoms. The van der Waals surface area contributed by atoms with Crippen molar-refractivity contribution < 1.29 is 4.92 Å². The van der Waals surface area contributed by atoms with E-state index in [0.717, 1.165) is 30.9 Å².